The topological polar surface area (TPSA) is 57.4 Å². The molecule has 0 aliphatic carbocycles. The molecule has 6 heteroatoms. The summed E-state index contributed by atoms with van der Waals surface area (Å²) >= 11 is 0. The van der Waals surface area contributed by atoms with Crippen LogP contribution in [0.25, 0.3) is 0 Å². The van der Waals surface area contributed by atoms with Gasteiger partial charge in [-0.2, -0.15) is 0 Å². The van der Waals surface area contributed by atoms with Gasteiger partial charge in [-0.05, 0) is 0 Å². The first kappa shape index (κ1) is 13.6. The fourth-order valence-electron chi connectivity index (χ4n) is 0.430. The molecule has 0 saturated heterocycles. The van der Waals surface area contributed by atoms with E-state index >= 15 is 0 Å². The highest BCUT2D eigenvalue weighted by Crippen LogP contribution is 1.63. The van der Waals surface area contributed by atoms with Gasteiger partial charge in [-0.15, -0.1) is 24.8 Å². The van der Waals surface area contributed by atoms with E-state index in [0.717, 1.165) is 0 Å². The fourth-order valence-corrected chi connectivity index (χ4v) is 0.430. The minimum Gasteiger partial charge on any atom is -0.351 e. The summed E-state index contributed by atoms with van der Waals surface area (Å²) in [5.41, 5.74) is 0. The van der Waals surface area contributed by atoms with Crippen molar-refractivity contribution in [2.75, 3.05) is 0 Å². The molecule has 0 amide bonds. The van der Waals surface area contributed by atoms with Crippen molar-refractivity contribution in [2.45, 2.75) is 0 Å². The molecule has 0 unspecified atom stereocenters. The second kappa shape index (κ2) is 10.0. The highest BCUT2D eigenvalue weighted by molar-refractivity contribution is 5.85. The fraction of sp³-hybridized carbons (Fsp3) is 0. The van der Waals surface area contributed by atoms with E-state index in [0.29, 0.717) is 0 Å². The molecule has 0 spiro atoms. The van der Waals surface area contributed by atoms with E-state index < -0.39 is 0 Å². The van der Waals surface area contributed by atoms with E-state index in [-0.39, 0.29) is 24.8 Å². The first-order chi connectivity index (χ1) is 5.00. The van der Waals surface area contributed by atoms with E-state index in [2.05, 4.69) is 19.9 Å². The molecule has 0 fully saturated rings. The summed E-state index contributed by atoms with van der Waals surface area (Å²) in [7, 11) is 0. The van der Waals surface area contributed by atoms with E-state index in [1.165, 1.54) is 0 Å². The van der Waals surface area contributed by atoms with Gasteiger partial charge >= 0.3 is 0 Å². The Kier molecular flexibility index (Phi) is 11.3. The lowest BCUT2D eigenvalue weighted by Crippen LogP contribution is -1.44. The molecule has 0 aromatic carbocycles. The zero-order chi connectivity index (χ0) is 7.07. The summed E-state index contributed by atoms with van der Waals surface area (Å²) in [6.07, 6.45) is 10.2. The summed E-state index contributed by atoms with van der Waals surface area (Å²) < 4.78 is 0. The van der Waals surface area contributed by atoms with Crippen LogP contribution in [-0.4, -0.2) is 19.9 Å². The molecule has 2 aromatic heterocycles. The SMILES string of the molecule is Cl.Cl.c1c[nH]cn1.c1c[nH]cn1. The van der Waals surface area contributed by atoms with Crippen LogP contribution in [0.5, 0.6) is 0 Å². The third-order valence-corrected chi connectivity index (χ3v) is 0.812. The minimum absolute atomic E-state index is 0. The Morgan fingerprint density at radius 1 is 0.750 bits per heavy atom. The third kappa shape index (κ3) is 7.11. The van der Waals surface area contributed by atoms with Crippen LogP contribution in [-0.2, 0) is 0 Å². The molecule has 2 heterocycles. The van der Waals surface area contributed by atoms with Gasteiger partial charge in [0.15, 0.2) is 0 Å². The van der Waals surface area contributed by atoms with Gasteiger partial charge in [-0.25, -0.2) is 9.97 Å². The quantitative estimate of drug-likeness (QED) is 0.693. The van der Waals surface area contributed by atoms with Gasteiger partial charge in [0.1, 0.15) is 0 Å². The van der Waals surface area contributed by atoms with Crippen LogP contribution in [0.2, 0.25) is 0 Å². The van der Waals surface area contributed by atoms with Crippen molar-refractivity contribution in [3.8, 4) is 0 Å². The van der Waals surface area contributed by atoms with Gasteiger partial charge < -0.3 is 9.97 Å². The second-order valence-electron chi connectivity index (χ2n) is 1.52. The minimum atomic E-state index is 0. The number of nitrogens with one attached hydrogen (secondary N) is 2. The molecule has 0 aliphatic heterocycles. The molecule has 12 heavy (non-hydrogen) atoms. The zero-order valence-corrected chi connectivity index (χ0v) is 7.81. The summed E-state index contributed by atoms with van der Waals surface area (Å²) in [5, 5.41) is 0. The van der Waals surface area contributed by atoms with Crippen molar-refractivity contribution >= 4 is 24.8 Å². The van der Waals surface area contributed by atoms with Crippen molar-refractivity contribution in [1.29, 1.82) is 0 Å². The average Bonchev–Trinajstić information content (AvgIpc) is 2.67. The standard InChI is InChI=1S/2C3H4N2.2ClH/c2*1-2-5-3-4-1;;/h2*1-3H,(H,4,5);2*1H. The number of rotatable bonds is 0. The highest BCUT2D eigenvalue weighted by Gasteiger charge is 1.56. The molecule has 0 bridgehead atoms. The summed E-state index contributed by atoms with van der Waals surface area (Å²) in [6.45, 7) is 0. The Bertz CT molecular complexity index is 157. The maximum atomic E-state index is 3.67. The number of hydrogen-bond acceptors (Lipinski definition) is 2. The van der Waals surface area contributed by atoms with E-state index in [9.17, 15) is 0 Å². The largest absolute Gasteiger partial charge is 0.351 e. The van der Waals surface area contributed by atoms with Crippen molar-refractivity contribution in [3.63, 3.8) is 0 Å². The Balaban J connectivity index is 0. The number of halogens is 2. The van der Waals surface area contributed by atoms with Crippen LogP contribution < -0.4 is 0 Å². The first-order valence-corrected chi connectivity index (χ1v) is 2.85. The monoisotopic (exact) mass is 208 g/mol. The smallest absolute Gasteiger partial charge is 0.0919 e. The zero-order valence-electron chi connectivity index (χ0n) is 6.18. The molecule has 0 saturated carbocycles. The molecule has 0 radical (unpaired) electrons. The Labute approximate surface area is 82.7 Å². The molecular formula is C6H10Cl2N4. The summed E-state index contributed by atoms with van der Waals surface area (Å²) in [4.78, 5) is 12.8. The predicted octanol–water partition coefficient (Wildman–Crippen LogP) is 1.66. The average molecular weight is 209 g/mol. The molecule has 0 aliphatic rings. The number of H-pyrrole nitrogens is 2. The molecule has 68 valence electrons. The molecule has 4 nitrogen and oxygen atoms in total. The molecule has 2 aromatic rings. The highest BCUT2D eigenvalue weighted by atomic mass is 35.5. The van der Waals surface area contributed by atoms with Crippen LogP contribution in [0.3, 0.4) is 0 Å². The Morgan fingerprint density at radius 3 is 1.25 bits per heavy atom. The second-order valence-corrected chi connectivity index (χ2v) is 1.52. The van der Waals surface area contributed by atoms with Crippen LogP contribution >= 0.6 is 24.8 Å². The van der Waals surface area contributed by atoms with Crippen LogP contribution in [0.4, 0.5) is 0 Å². The van der Waals surface area contributed by atoms with Crippen LogP contribution in [0, 0.1) is 0 Å². The number of aromatic nitrogens is 4. The maximum Gasteiger partial charge on any atom is 0.0919 e. The Hall–Kier alpha value is -1.00. The van der Waals surface area contributed by atoms with E-state index in [1.807, 2.05) is 0 Å². The lowest BCUT2D eigenvalue weighted by molar-refractivity contribution is 1.31. The predicted molar refractivity (Wildman–Crippen MR) is 51.7 cm³/mol. The Morgan fingerprint density at radius 2 is 1.17 bits per heavy atom. The van der Waals surface area contributed by atoms with Crippen molar-refractivity contribution in [1.82, 2.24) is 19.9 Å². The van der Waals surface area contributed by atoms with Crippen molar-refractivity contribution in [2.24, 2.45) is 0 Å². The normalized spacial score (nSPS) is 6.67. The third-order valence-electron chi connectivity index (χ3n) is 0.812. The first-order valence-electron chi connectivity index (χ1n) is 2.85. The van der Waals surface area contributed by atoms with Gasteiger partial charge in [0.25, 0.3) is 0 Å². The lowest BCUT2D eigenvalue weighted by atomic mass is 11.0. The summed E-state index contributed by atoms with van der Waals surface area (Å²) in [6, 6.07) is 0. The van der Waals surface area contributed by atoms with E-state index in [1.54, 1.807) is 37.4 Å². The molecule has 2 N–H and O–H groups in total. The molecule has 0 atom stereocenters. The van der Waals surface area contributed by atoms with Gasteiger partial charge in [0, 0.05) is 24.8 Å². The number of imidazole rings is 2. The lowest BCUT2D eigenvalue weighted by Gasteiger charge is -1.46. The van der Waals surface area contributed by atoms with Crippen LogP contribution in [0.15, 0.2) is 37.4 Å². The van der Waals surface area contributed by atoms with Gasteiger partial charge in [0.2, 0.25) is 0 Å². The number of nitrogens with zero attached hydrogens (tertiary/aromatic N) is 2. The number of hydrogen-bond donors (Lipinski definition) is 2. The van der Waals surface area contributed by atoms with Crippen LogP contribution in [0.1, 0.15) is 0 Å². The van der Waals surface area contributed by atoms with Crippen molar-refractivity contribution in [3.05, 3.63) is 37.4 Å². The van der Waals surface area contributed by atoms with E-state index in [4.69, 9.17) is 0 Å². The number of aromatic amines is 2. The van der Waals surface area contributed by atoms with Gasteiger partial charge in [-0.1, -0.05) is 0 Å². The molecule has 2 rings (SSSR count). The van der Waals surface area contributed by atoms with Crippen molar-refractivity contribution < 1.29 is 0 Å². The van der Waals surface area contributed by atoms with Gasteiger partial charge in [-0.3, -0.25) is 0 Å². The molecular weight excluding hydrogens is 199 g/mol. The van der Waals surface area contributed by atoms with Gasteiger partial charge in [0.05, 0.1) is 12.7 Å². The summed E-state index contributed by atoms with van der Waals surface area (Å²) in [5.74, 6) is 0. The maximum absolute atomic E-state index is 3.67.